The molecule has 0 fully saturated rings. The first kappa shape index (κ1) is 57.0. The number of benzene rings is 15. The summed E-state index contributed by atoms with van der Waals surface area (Å²) in [6.07, 6.45) is 0. The number of thiophene rings is 2. The highest BCUT2D eigenvalue weighted by Gasteiger charge is 2.24. The molecule has 8 heteroatoms. The van der Waals surface area contributed by atoms with E-state index < -0.39 is 0 Å². The van der Waals surface area contributed by atoms with Crippen LogP contribution in [0, 0.1) is 0 Å². The van der Waals surface area contributed by atoms with E-state index in [0.717, 1.165) is 109 Å². The summed E-state index contributed by atoms with van der Waals surface area (Å²) in [6.45, 7) is 0. The summed E-state index contributed by atoms with van der Waals surface area (Å²) in [5, 5.41) is 11.9. The van der Waals surface area contributed by atoms with Gasteiger partial charge < -0.3 is 0 Å². The van der Waals surface area contributed by atoms with Crippen LogP contribution in [-0.2, 0) is 0 Å². The number of aromatic nitrogens is 6. The second-order valence-corrected chi connectivity index (χ2v) is 26.9. The molecule has 0 amide bonds. The molecule has 0 aliphatic heterocycles. The molecule has 0 bridgehead atoms. The molecule has 0 unspecified atom stereocenters. The fraction of sp³-hybridized carbons (Fsp3) is 0. The van der Waals surface area contributed by atoms with Crippen LogP contribution in [0.1, 0.15) is 0 Å². The highest BCUT2D eigenvalue weighted by atomic mass is 32.1. The second kappa shape index (κ2) is 23.8. The van der Waals surface area contributed by atoms with Gasteiger partial charge in [-0.25, -0.2) is 29.9 Å². The Bertz CT molecular complexity index is 6380. The summed E-state index contributed by atoms with van der Waals surface area (Å²) in [7, 11) is 0. The van der Waals surface area contributed by atoms with Gasteiger partial charge in [0.2, 0.25) is 0 Å². The quantitative estimate of drug-likeness (QED) is 0.120. The third kappa shape index (κ3) is 10.0. The van der Waals surface area contributed by atoms with Crippen LogP contribution in [-0.4, -0.2) is 29.9 Å². The fourth-order valence-electron chi connectivity index (χ4n) is 14.3. The molecule has 0 aliphatic carbocycles. The van der Waals surface area contributed by atoms with E-state index in [0.29, 0.717) is 34.9 Å². The molecule has 0 saturated heterocycles. The van der Waals surface area contributed by atoms with E-state index in [2.05, 4.69) is 322 Å². The number of hydrogen-bond acceptors (Lipinski definition) is 8. The van der Waals surface area contributed by atoms with Crippen molar-refractivity contribution in [2.24, 2.45) is 0 Å². The first-order valence-corrected chi connectivity index (χ1v) is 34.5. The molecule has 0 saturated carbocycles. The third-order valence-corrected chi connectivity index (χ3v) is 21.4. The van der Waals surface area contributed by atoms with Gasteiger partial charge in [-0.15, -0.1) is 22.7 Å². The van der Waals surface area contributed by atoms with Gasteiger partial charge in [0.25, 0.3) is 0 Å². The van der Waals surface area contributed by atoms with Gasteiger partial charge in [-0.05, 0) is 131 Å². The predicted molar refractivity (Wildman–Crippen MR) is 411 cm³/mol. The lowest BCUT2D eigenvalue weighted by atomic mass is 9.89. The van der Waals surface area contributed by atoms with Gasteiger partial charge in [0.1, 0.15) is 0 Å². The molecule has 4 aromatic heterocycles. The molecule has 15 aromatic carbocycles. The van der Waals surface area contributed by atoms with E-state index in [1.807, 2.05) is 6.07 Å². The van der Waals surface area contributed by atoms with Gasteiger partial charge in [0, 0.05) is 79.3 Å². The Morgan fingerprint density at radius 2 is 0.592 bits per heavy atom. The smallest absolute Gasteiger partial charge is 0.165 e. The average molecular weight is 1280 g/mol. The van der Waals surface area contributed by atoms with Gasteiger partial charge >= 0.3 is 0 Å². The molecule has 456 valence electrons. The SMILES string of the molecule is c1ccc(-c2ccccc2-c2nc(-c3ccc(-c4ccc5ccc(-c6cccc(-c7nc(-c8cccc(-c9cc%10ccccc%10c%10ccccc9%10)c8)nc(-c8cccc9c8sc8ccccc89)n7)c6-c6ccccc6)cc5c4)cc3)nc(-c3cccc4c3sc3ccccc34)n2)cc1. The lowest BCUT2D eigenvalue weighted by Gasteiger charge is -2.17. The van der Waals surface area contributed by atoms with Crippen molar-refractivity contribution in [2.75, 3.05) is 0 Å². The maximum atomic E-state index is 5.56. The molecule has 19 aromatic rings. The van der Waals surface area contributed by atoms with Gasteiger partial charge in [-0.2, -0.15) is 0 Å². The molecule has 0 atom stereocenters. The fourth-order valence-corrected chi connectivity index (χ4v) is 16.7. The Kier molecular flexibility index (Phi) is 13.8. The first-order valence-electron chi connectivity index (χ1n) is 32.9. The molecule has 0 aliphatic rings. The largest absolute Gasteiger partial charge is 0.208 e. The van der Waals surface area contributed by atoms with Crippen LogP contribution in [0.2, 0.25) is 0 Å². The molecule has 98 heavy (non-hydrogen) atoms. The van der Waals surface area contributed by atoms with Crippen molar-refractivity contribution in [3.05, 3.63) is 328 Å². The topological polar surface area (TPSA) is 77.3 Å². The molecule has 19 rings (SSSR count). The van der Waals surface area contributed by atoms with Crippen molar-refractivity contribution in [2.45, 2.75) is 0 Å². The van der Waals surface area contributed by atoms with Crippen molar-refractivity contribution in [3.8, 4) is 124 Å². The lowest BCUT2D eigenvalue weighted by molar-refractivity contribution is 1.08. The van der Waals surface area contributed by atoms with Crippen LogP contribution in [0.25, 0.3) is 197 Å². The monoisotopic (exact) mass is 1280 g/mol. The number of fused-ring (bicyclic) bond motifs is 10. The minimum atomic E-state index is 0.590. The van der Waals surface area contributed by atoms with Gasteiger partial charge in [0.05, 0.1) is 0 Å². The summed E-state index contributed by atoms with van der Waals surface area (Å²) in [5.41, 5.74) is 16.4. The number of hydrogen-bond donors (Lipinski definition) is 0. The van der Waals surface area contributed by atoms with Crippen molar-refractivity contribution in [1.82, 2.24) is 29.9 Å². The van der Waals surface area contributed by atoms with Gasteiger partial charge in [-0.1, -0.05) is 279 Å². The average Bonchev–Trinajstić information content (AvgIpc) is 1.54. The molecule has 4 heterocycles. The number of rotatable bonds is 11. The van der Waals surface area contributed by atoms with Gasteiger partial charge in [0.15, 0.2) is 34.9 Å². The van der Waals surface area contributed by atoms with Crippen molar-refractivity contribution in [1.29, 1.82) is 0 Å². The maximum Gasteiger partial charge on any atom is 0.165 e. The Hall–Kier alpha value is -12.5. The van der Waals surface area contributed by atoms with Crippen molar-refractivity contribution in [3.63, 3.8) is 0 Å². The van der Waals surface area contributed by atoms with E-state index in [4.69, 9.17) is 29.9 Å². The molecule has 0 radical (unpaired) electrons. The Balaban J connectivity index is 0.724. The zero-order valence-electron chi connectivity index (χ0n) is 52.7. The predicted octanol–water partition coefficient (Wildman–Crippen LogP) is 24.6. The van der Waals surface area contributed by atoms with Gasteiger partial charge in [-0.3, -0.25) is 0 Å². The van der Waals surface area contributed by atoms with Crippen LogP contribution in [0.15, 0.2) is 328 Å². The van der Waals surface area contributed by atoms with Crippen LogP contribution in [0.5, 0.6) is 0 Å². The summed E-state index contributed by atoms with van der Waals surface area (Å²) in [6, 6.07) is 117. The molecular formula is C90H54N6S2. The standard InChI is InChI=1S/C90H54N6S2/c1-3-21-57(22-4-1)66-28-9-12-34-75(66)87-91-85(92-89(95-87)77-39-19-36-73-71-32-13-15-41-80(71)97-83(73)77)59-47-43-55(44-48-59)60-49-45-56-46-50-63(53-65(56)51-60)68-35-18-38-76(82(68)58-23-5-2-6-24-58)88-93-86(94-90(96-88)78-40-20-37-74-72-33-14-16-42-81(72)98-84(74)78)64-27-17-26-61(52-64)79-54-62-25-7-8-29-67(62)69-30-10-11-31-70(69)79/h1-54H. The lowest BCUT2D eigenvalue weighted by Crippen LogP contribution is -2.02. The minimum Gasteiger partial charge on any atom is -0.208 e. The minimum absolute atomic E-state index is 0.590. The molecular weight excluding hydrogens is 1230 g/mol. The van der Waals surface area contributed by atoms with Crippen LogP contribution in [0.3, 0.4) is 0 Å². The van der Waals surface area contributed by atoms with Crippen molar-refractivity contribution < 1.29 is 0 Å². The van der Waals surface area contributed by atoms with E-state index in [1.165, 1.54) is 52.5 Å². The van der Waals surface area contributed by atoms with E-state index in [1.54, 1.807) is 22.7 Å². The Labute approximate surface area is 572 Å². The highest BCUT2D eigenvalue weighted by Crippen LogP contribution is 2.46. The maximum absolute atomic E-state index is 5.56. The normalized spacial score (nSPS) is 11.7. The summed E-state index contributed by atoms with van der Waals surface area (Å²) in [4.78, 5) is 32.5. The molecule has 0 spiro atoms. The molecule has 6 nitrogen and oxygen atoms in total. The van der Waals surface area contributed by atoms with Crippen LogP contribution >= 0.6 is 22.7 Å². The third-order valence-electron chi connectivity index (χ3n) is 19.0. The van der Waals surface area contributed by atoms with E-state index >= 15 is 0 Å². The van der Waals surface area contributed by atoms with Crippen LogP contribution in [0.4, 0.5) is 0 Å². The zero-order chi connectivity index (χ0) is 64.6. The second-order valence-electron chi connectivity index (χ2n) is 24.8. The Morgan fingerprint density at radius 1 is 0.173 bits per heavy atom. The summed E-state index contributed by atoms with van der Waals surface area (Å²) in [5.74, 6) is 3.67. The van der Waals surface area contributed by atoms with Crippen molar-refractivity contribution >= 4 is 95.3 Å². The highest BCUT2D eigenvalue weighted by molar-refractivity contribution is 7.26. The summed E-state index contributed by atoms with van der Waals surface area (Å²) < 4.78 is 4.74. The first-order chi connectivity index (χ1) is 48.5. The van der Waals surface area contributed by atoms with E-state index in [-0.39, 0.29) is 0 Å². The van der Waals surface area contributed by atoms with E-state index in [9.17, 15) is 0 Å². The zero-order valence-corrected chi connectivity index (χ0v) is 54.3. The van der Waals surface area contributed by atoms with Crippen LogP contribution < -0.4 is 0 Å². The molecule has 0 N–H and O–H groups in total. The Morgan fingerprint density at radius 3 is 1.28 bits per heavy atom. The summed E-state index contributed by atoms with van der Waals surface area (Å²) >= 11 is 3.56. The number of nitrogens with zero attached hydrogens (tertiary/aromatic N) is 6.